The maximum atomic E-state index is 6.09. The van der Waals surface area contributed by atoms with Crippen LogP contribution in [-0.4, -0.2) is 11.2 Å². The van der Waals surface area contributed by atoms with E-state index in [2.05, 4.69) is 17.6 Å². The van der Waals surface area contributed by atoms with E-state index < -0.39 is 0 Å². The maximum absolute atomic E-state index is 6.09. The van der Waals surface area contributed by atoms with Gasteiger partial charge in [0.25, 0.3) is 0 Å². The van der Waals surface area contributed by atoms with Gasteiger partial charge in [-0.15, -0.1) is 0 Å². The van der Waals surface area contributed by atoms with Crippen LogP contribution in [0.2, 0.25) is 0 Å². The van der Waals surface area contributed by atoms with Crippen molar-refractivity contribution in [3.8, 4) is 11.5 Å². The van der Waals surface area contributed by atoms with Crippen molar-refractivity contribution in [2.45, 2.75) is 52.7 Å². The largest absolute Gasteiger partial charge is 0.488 e. The average molecular weight is 405 g/mol. The van der Waals surface area contributed by atoms with E-state index in [4.69, 9.17) is 9.47 Å². The quantitative estimate of drug-likeness (QED) is 0.440. The van der Waals surface area contributed by atoms with Gasteiger partial charge in [0.2, 0.25) is 0 Å². The van der Waals surface area contributed by atoms with E-state index in [1.807, 2.05) is 113 Å². The van der Waals surface area contributed by atoms with E-state index in [9.17, 15) is 0 Å². The summed E-state index contributed by atoms with van der Waals surface area (Å²) in [7, 11) is 0. The van der Waals surface area contributed by atoms with Gasteiger partial charge in [-0.2, -0.15) is 0 Å². The number of hydrazine groups is 1. The number of hydrogen-bond acceptors (Lipinski definition) is 4. The van der Waals surface area contributed by atoms with Crippen molar-refractivity contribution < 1.29 is 9.47 Å². The fourth-order valence-electron chi connectivity index (χ4n) is 3.00. The molecule has 1 N–H and O–H groups in total. The Morgan fingerprint density at radius 2 is 1.07 bits per heavy atom. The lowest BCUT2D eigenvalue weighted by Gasteiger charge is -2.29. The van der Waals surface area contributed by atoms with Crippen LogP contribution >= 0.6 is 0 Å². The topological polar surface area (TPSA) is 33.7 Å². The van der Waals surface area contributed by atoms with E-state index in [1.165, 1.54) is 0 Å². The lowest BCUT2D eigenvalue weighted by Crippen LogP contribution is -2.26. The Kier molecular flexibility index (Phi) is 6.25. The molecule has 3 rings (SSSR count). The molecule has 0 atom stereocenters. The summed E-state index contributed by atoms with van der Waals surface area (Å²) in [4.78, 5) is 0. The Bertz CT molecular complexity index is 897. The second kappa shape index (κ2) is 8.70. The summed E-state index contributed by atoms with van der Waals surface area (Å²) in [5.74, 6) is 1.64. The molecule has 4 heteroatoms. The Balaban J connectivity index is 2.00. The molecule has 0 unspecified atom stereocenters. The fraction of sp³-hybridized carbons (Fsp3) is 0.308. The van der Waals surface area contributed by atoms with Crippen molar-refractivity contribution in [2.75, 3.05) is 10.4 Å². The molecule has 0 aliphatic rings. The summed E-state index contributed by atoms with van der Waals surface area (Å²) < 4.78 is 12.2. The Morgan fingerprint density at radius 1 is 0.600 bits per heavy atom. The van der Waals surface area contributed by atoms with E-state index in [-0.39, 0.29) is 11.2 Å². The zero-order valence-corrected chi connectivity index (χ0v) is 18.8. The van der Waals surface area contributed by atoms with Gasteiger partial charge in [-0.3, -0.25) is 10.4 Å². The van der Waals surface area contributed by atoms with Crippen molar-refractivity contribution in [1.82, 2.24) is 0 Å². The summed E-state index contributed by atoms with van der Waals surface area (Å²) in [6.07, 6.45) is 0. The highest BCUT2D eigenvalue weighted by Crippen LogP contribution is 2.32. The third kappa shape index (κ3) is 6.45. The first-order valence-electron chi connectivity index (χ1n) is 10.3. The molecule has 0 radical (unpaired) electrons. The van der Waals surface area contributed by atoms with Crippen molar-refractivity contribution in [2.24, 2.45) is 0 Å². The molecule has 0 fully saturated rings. The van der Waals surface area contributed by atoms with Crippen LogP contribution in [0.5, 0.6) is 11.5 Å². The van der Waals surface area contributed by atoms with Crippen LogP contribution in [0.3, 0.4) is 0 Å². The van der Waals surface area contributed by atoms with Crippen LogP contribution < -0.4 is 19.9 Å². The molecule has 3 aromatic carbocycles. The number of para-hydroxylation sites is 1. The van der Waals surface area contributed by atoms with Crippen molar-refractivity contribution in [3.05, 3.63) is 78.9 Å². The molecule has 158 valence electrons. The number of ether oxygens (including phenoxy) is 2. The van der Waals surface area contributed by atoms with Crippen molar-refractivity contribution in [3.63, 3.8) is 0 Å². The third-order valence-electron chi connectivity index (χ3n) is 4.01. The molecule has 0 aromatic heterocycles. The highest BCUT2D eigenvalue weighted by molar-refractivity contribution is 5.70. The molecule has 4 nitrogen and oxygen atoms in total. The summed E-state index contributed by atoms with van der Waals surface area (Å²) in [5.41, 5.74) is 5.90. The van der Waals surface area contributed by atoms with Crippen molar-refractivity contribution in [1.29, 1.82) is 0 Å². The van der Waals surface area contributed by atoms with Gasteiger partial charge < -0.3 is 9.47 Å². The van der Waals surface area contributed by atoms with E-state index >= 15 is 0 Å². The van der Waals surface area contributed by atoms with Crippen LogP contribution in [0.25, 0.3) is 0 Å². The minimum absolute atomic E-state index is 0.267. The van der Waals surface area contributed by atoms with Crippen LogP contribution in [-0.2, 0) is 0 Å². The first kappa shape index (κ1) is 21.6. The number of anilines is 3. The predicted molar refractivity (Wildman–Crippen MR) is 126 cm³/mol. The first-order valence-corrected chi connectivity index (χ1v) is 10.3. The Hall–Kier alpha value is -3.14. The Labute approximate surface area is 180 Å². The van der Waals surface area contributed by atoms with E-state index in [0.29, 0.717) is 0 Å². The van der Waals surface area contributed by atoms with Gasteiger partial charge in [0, 0.05) is 12.1 Å². The number of rotatable bonds is 6. The second-order valence-electron chi connectivity index (χ2n) is 9.24. The molecular formula is C26H32N2O2. The van der Waals surface area contributed by atoms with Gasteiger partial charge in [-0.1, -0.05) is 30.3 Å². The lowest BCUT2D eigenvalue weighted by atomic mass is 10.2. The normalized spacial score (nSPS) is 11.7. The summed E-state index contributed by atoms with van der Waals surface area (Å²) >= 11 is 0. The molecule has 30 heavy (non-hydrogen) atoms. The molecule has 0 amide bonds. The minimum atomic E-state index is -0.267. The van der Waals surface area contributed by atoms with Crippen LogP contribution in [0.15, 0.2) is 78.9 Å². The molecular weight excluding hydrogens is 372 g/mol. The van der Waals surface area contributed by atoms with Gasteiger partial charge in [0.1, 0.15) is 22.7 Å². The summed E-state index contributed by atoms with van der Waals surface area (Å²) in [6.45, 7) is 12.3. The lowest BCUT2D eigenvalue weighted by molar-refractivity contribution is 0.130. The zero-order valence-electron chi connectivity index (χ0n) is 18.8. The zero-order chi connectivity index (χ0) is 21.8. The van der Waals surface area contributed by atoms with Crippen LogP contribution in [0.1, 0.15) is 41.5 Å². The molecule has 0 aliphatic heterocycles. The van der Waals surface area contributed by atoms with E-state index in [0.717, 1.165) is 28.6 Å². The molecule has 0 spiro atoms. The van der Waals surface area contributed by atoms with E-state index in [1.54, 1.807) is 0 Å². The number of benzene rings is 3. The number of hydrogen-bond donors (Lipinski definition) is 1. The van der Waals surface area contributed by atoms with Crippen LogP contribution in [0, 0.1) is 0 Å². The minimum Gasteiger partial charge on any atom is -0.488 e. The standard InChI is InChI=1S/C26H32N2O2/c1-25(2,3)29-23-16-10-14-21(18-23)28(27-20-12-8-7-9-13-20)22-15-11-17-24(19-22)30-26(4,5)6/h7-19,27H,1-6H3. The molecule has 0 saturated heterocycles. The monoisotopic (exact) mass is 404 g/mol. The second-order valence-corrected chi connectivity index (χ2v) is 9.24. The van der Waals surface area contributed by atoms with Crippen molar-refractivity contribution >= 4 is 17.1 Å². The highest BCUT2D eigenvalue weighted by atomic mass is 16.5. The molecule has 3 aromatic rings. The van der Waals surface area contributed by atoms with Gasteiger partial charge in [-0.05, 0) is 77.9 Å². The smallest absolute Gasteiger partial charge is 0.122 e. The molecule has 0 saturated carbocycles. The highest BCUT2D eigenvalue weighted by Gasteiger charge is 2.17. The fourth-order valence-corrected chi connectivity index (χ4v) is 3.00. The number of nitrogens with zero attached hydrogens (tertiary/aromatic N) is 1. The third-order valence-corrected chi connectivity index (χ3v) is 4.01. The number of nitrogens with one attached hydrogen (secondary N) is 1. The molecule has 0 bridgehead atoms. The average Bonchev–Trinajstić information content (AvgIpc) is 2.65. The molecule has 0 aliphatic carbocycles. The summed E-state index contributed by atoms with van der Waals surface area (Å²) in [6, 6.07) is 26.3. The van der Waals surface area contributed by atoms with Gasteiger partial charge >= 0.3 is 0 Å². The molecule has 0 heterocycles. The maximum Gasteiger partial charge on any atom is 0.122 e. The van der Waals surface area contributed by atoms with Gasteiger partial charge in [-0.25, -0.2) is 0 Å². The first-order chi connectivity index (χ1) is 14.1. The van der Waals surface area contributed by atoms with Gasteiger partial charge in [0.15, 0.2) is 0 Å². The summed E-state index contributed by atoms with van der Waals surface area (Å²) in [5, 5.41) is 2.04. The van der Waals surface area contributed by atoms with Gasteiger partial charge in [0.05, 0.1) is 17.1 Å². The predicted octanol–water partition coefficient (Wildman–Crippen LogP) is 7.21. The van der Waals surface area contributed by atoms with Crippen LogP contribution in [0.4, 0.5) is 17.1 Å². The Morgan fingerprint density at radius 3 is 1.50 bits per heavy atom. The SMILES string of the molecule is CC(C)(C)Oc1cccc(N(Nc2ccccc2)c2cccc(OC(C)(C)C)c2)c1.